The van der Waals surface area contributed by atoms with E-state index in [0.29, 0.717) is 5.02 Å². The molecule has 0 aromatic heterocycles. The van der Waals surface area contributed by atoms with Crippen LogP contribution in [0.25, 0.3) is 0 Å². The van der Waals surface area contributed by atoms with E-state index >= 15 is 0 Å². The molecule has 0 spiro atoms. The van der Waals surface area contributed by atoms with Gasteiger partial charge in [-0.1, -0.05) is 11.6 Å². The first-order chi connectivity index (χ1) is 8.47. The Morgan fingerprint density at radius 2 is 2.28 bits per heavy atom. The molecular weight excluding hydrogens is 258 g/mol. The summed E-state index contributed by atoms with van der Waals surface area (Å²) in [6.45, 7) is 0.146. The lowest BCUT2D eigenvalue weighted by atomic mass is 10.2. The molecule has 0 aliphatic carbocycles. The molecule has 1 aliphatic heterocycles. The third-order valence-corrected chi connectivity index (χ3v) is 2.63. The Balaban J connectivity index is 2.30. The van der Waals surface area contributed by atoms with Crippen molar-refractivity contribution in [2.24, 2.45) is 4.99 Å². The Morgan fingerprint density at radius 1 is 1.56 bits per heavy atom. The number of hydrogen-bond acceptors (Lipinski definition) is 3. The minimum Gasteiger partial charge on any atom is -0.507 e. The molecule has 1 heterocycles. The number of benzene rings is 1. The highest BCUT2D eigenvalue weighted by molar-refractivity contribution is 6.31. The maximum Gasteiger partial charge on any atom is 0.284 e. The van der Waals surface area contributed by atoms with Gasteiger partial charge >= 0.3 is 0 Å². The summed E-state index contributed by atoms with van der Waals surface area (Å²) in [5, 5.41) is 12.3. The predicted molar refractivity (Wildman–Crippen MR) is 65.7 cm³/mol. The number of aromatic hydroxyl groups is 1. The summed E-state index contributed by atoms with van der Waals surface area (Å²) < 4.78 is 0. The molecule has 0 saturated carbocycles. The van der Waals surface area contributed by atoms with Crippen molar-refractivity contribution in [2.45, 2.75) is 0 Å². The summed E-state index contributed by atoms with van der Waals surface area (Å²) in [6, 6.07) is 4.09. The zero-order chi connectivity index (χ0) is 13.3. The van der Waals surface area contributed by atoms with Crippen LogP contribution in [0.2, 0.25) is 5.02 Å². The average Bonchev–Trinajstić information content (AvgIpc) is 2.61. The van der Waals surface area contributed by atoms with E-state index < -0.39 is 5.91 Å². The van der Waals surface area contributed by atoms with Gasteiger partial charge in [0, 0.05) is 12.1 Å². The van der Waals surface area contributed by atoms with Crippen molar-refractivity contribution in [3.8, 4) is 5.75 Å². The van der Waals surface area contributed by atoms with Gasteiger partial charge in [0.2, 0.25) is 11.9 Å². The van der Waals surface area contributed by atoms with Crippen LogP contribution in [0.15, 0.2) is 23.2 Å². The summed E-state index contributed by atoms with van der Waals surface area (Å²) in [4.78, 5) is 28.2. The van der Waals surface area contributed by atoms with E-state index in [4.69, 9.17) is 11.6 Å². The van der Waals surface area contributed by atoms with Crippen LogP contribution >= 0.6 is 11.6 Å². The van der Waals surface area contributed by atoms with Gasteiger partial charge < -0.3 is 10.0 Å². The van der Waals surface area contributed by atoms with Crippen molar-refractivity contribution in [3.05, 3.63) is 28.8 Å². The largest absolute Gasteiger partial charge is 0.507 e. The summed E-state index contributed by atoms with van der Waals surface area (Å²) >= 11 is 5.74. The second kappa shape index (κ2) is 4.66. The molecule has 2 N–H and O–H groups in total. The highest BCUT2D eigenvalue weighted by Gasteiger charge is 2.23. The number of carbonyl (C=O) groups excluding carboxylic acids is 2. The van der Waals surface area contributed by atoms with Crippen LogP contribution in [-0.2, 0) is 4.79 Å². The van der Waals surface area contributed by atoms with E-state index in [2.05, 4.69) is 10.3 Å². The summed E-state index contributed by atoms with van der Waals surface area (Å²) in [7, 11) is 1.63. The molecule has 1 saturated heterocycles. The van der Waals surface area contributed by atoms with E-state index in [-0.39, 0.29) is 29.7 Å². The fourth-order valence-corrected chi connectivity index (χ4v) is 1.67. The summed E-state index contributed by atoms with van der Waals surface area (Å²) in [5.74, 6) is -0.955. The van der Waals surface area contributed by atoms with Crippen LogP contribution in [-0.4, -0.2) is 41.4 Å². The molecule has 0 bridgehead atoms. The number of nitrogens with one attached hydrogen (secondary N) is 1. The lowest BCUT2D eigenvalue weighted by Gasteiger charge is -2.08. The van der Waals surface area contributed by atoms with Gasteiger partial charge in [-0.3, -0.25) is 14.9 Å². The van der Waals surface area contributed by atoms with Gasteiger partial charge in [-0.05, 0) is 18.2 Å². The van der Waals surface area contributed by atoms with E-state index in [1.807, 2.05) is 0 Å². The van der Waals surface area contributed by atoms with Crippen molar-refractivity contribution in [1.82, 2.24) is 10.2 Å². The zero-order valence-corrected chi connectivity index (χ0v) is 10.2. The highest BCUT2D eigenvalue weighted by atomic mass is 35.5. The van der Waals surface area contributed by atoms with Gasteiger partial charge in [-0.2, -0.15) is 4.99 Å². The smallest absolute Gasteiger partial charge is 0.284 e. The fraction of sp³-hybridized carbons (Fsp3) is 0.182. The normalized spacial score (nSPS) is 17.1. The van der Waals surface area contributed by atoms with Crippen molar-refractivity contribution < 1.29 is 14.7 Å². The Morgan fingerprint density at radius 3 is 2.89 bits per heavy atom. The molecule has 1 aliphatic rings. The van der Waals surface area contributed by atoms with Crippen LogP contribution in [0, 0.1) is 0 Å². The number of hydrogen-bond donors (Lipinski definition) is 2. The third kappa shape index (κ3) is 2.43. The molecule has 6 nitrogen and oxygen atoms in total. The number of likely N-dealkylation sites (N-methyl/N-ethyl adjacent to an activating group) is 1. The van der Waals surface area contributed by atoms with Crippen LogP contribution < -0.4 is 5.32 Å². The molecule has 1 aromatic carbocycles. The van der Waals surface area contributed by atoms with Crippen molar-refractivity contribution >= 4 is 29.4 Å². The first kappa shape index (κ1) is 12.4. The van der Waals surface area contributed by atoms with E-state index in [9.17, 15) is 14.7 Å². The second-order valence-electron chi connectivity index (χ2n) is 3.81. The molecular formula is C11H10ClN3O3. The Labute approximate surface area is 108 Å². The van der Waals surface area contributed by atoms with Crippen molar-refractivity contribution in [3.63, 3.8) is 0 Å². The van der Waals surface area contributed by atoms with Gasteiger partial charge in [0.1, 0.15) is 5.75 Å². The van der Waals surface area contributed by atoms with E-state index in [1.54, 1.807) is 7.05 Å². The number of nitrogens with zero attached hydrogens (tertiary/aromatic N) is 2. The second-order valence-corrected chi connectivity index (χ2v) is 4.24. The van der Waals surface area contributed by atoms with Gasteiger partial charge in [-0.15, -0.1) is 0 Å². The fourth-order valence-electron chi connectivity index (χ4n) is 1.50. The van der Waals surface area contributed by atoms with Crippen LogP contribution in [0.1, 0.15) is 10.4 Å². The van der Waals surface area contributed by atoms with E-state index in [0.717, 1.165) is 0 Å². The van der Waals surface area contributed by atoms with Gasteiger partial charge in [-0.25, -0.2) is 0 Å². The first-order valence-corrected chi connectivity index (χ1v) is 5.47. The van der Waals surface area contributed by atoms with Crippen molar-refractivity contribution in [2.75, 3.05) is 13.6 Å². The first-order valence-electron chi connectivity index (χ1n) is 5.10. The highest BCUT2D eigenvalue weighted by Crippen LogP contribution is 2.22. The molecule has 2 amide bonds. The number of phenols is 1. The van der Waals surface area contributed by atoms with Crippen molar-refractivity contribution in [1.29, 1.82) is 0 Å². The Kier molecular flexibility index (Phi) is 3.20. The SMILES string of the molecule is CN1CC(=O)NC1=NC(=O)c1cc(Cl)ccc1O. The molecule has 1 aromatic rings. The third-order valence-electron chi connectivity index (χ3n) is 2.39. The molecule has 0 unspecified atom stereocenters. The molecule has 1 fully saturated rings. The number of halogens is 1. The maximum atomic E-state index is 11.8. The summed E-state index contributed by atoms with van der Waals surface area (Å²) in [5.41, 5.74) is -0.00968. The topological polar surface area (TPSA) is 82.0 Å². The Bertz CT molecular complexity index is 556. The number of guanidine groups is 1. The van der Waals surface area contributed by atoms with Crippen LogP contribution in [0.3, 0.4) is 0 Å². The zero-order valence-electron chi connectivity index (χ0n) is 9.48. The maximum absolute atomic E-state index is 11.8. The number of rotatable bonds is 1. The molecule has 0 radical (unpaired) electrons. The number of phenolic OH excluding ortho intramolecular Hbond substituents is 1. The average molecular weight is 268 g/mol. The lowest BCUT2D eigenvalue weighted by molar-refractivity contribution is -0.118. The molecule has 94 valence electrons. The molecule has 2 rings (SSSR count). The van der Waals surface area contributed by atoms with Gasteiger partial charge in [0.25, 0.3) is 5.91 Å². The van der Waals surface area contributed by atoms with Gasteiger partial charge in [0.15, 0.2) is 0 Å². The number of aliphatic imine (C=N–C) groups is 1. The quantitative estimate of drug-likeness (QED) is 0.781. The molecule has 7 heteroatoms. The van der Waals surface area contributed by atoms with E-state index in [1.165, 1.54) is 23.1 Å². The number of carbonyl (C=O) groups is 2. The van der Waals surface area contributed by atoms with Crippen LogP contribution in [0.4, 0.5) is 0 Å². The standard InChI is InChI=1S/C11H10ClN3O3/c1-15-5-9(17)13-11(15)14-10(18)7-4-6(12)2-3-8(7)16/h2-4,16H,5H2,1H3,(H,13,14,17,18). The summed E-state index contributed by atoms with van der Waals surface area (Å²) in [6.07, 6.45) is 0. The minimum absolute atomic E-state index is 0.00968. The van der Waals surface area contributed by atoms with Crippen LogP contribution in [0.5, 0.6) is 5.75 Å². The minimum atomic E-state index is -0.668. The Hall–Kier alpha value is -2.08. The monoisotopic (exact) mass is 267 g/mol. The molecule has 18 heavy (non-hydrogen) atoms. The molecule has 0 atom stereocenters. The lowest BCUT2D eigenvalue weighted by Crippen LogP contribution is -2.28. The number of amides is 2. The predicted octanol–water partition coefficient (Wildman–Crippen LogP) is 0.603. The van der Waals surface area contributed by atoms with Gasteiger partial charge in [0.05, 0.1) is 12.1 Å².